The first-order valence-electron chi connectivity index (χ1n) is 8.92. The second-order valence-corrected chi connectivity index (χ2v) is 10.2. The van der Waals surface area contributed by atoms with Crippen molar-refractivity contribution in [3.63, 3.8) is 0 Å². The van der Waals surface area contributed by atoms with E-state index in [2.05, 4.69) is 11.1 Å². The number of benzene rings is 2. The molecule has 0 bridgehead atoms. The third-order valence-corrected chi connectivity index (χ3v) is 7.64. The smallest absolute Gasteiger partial charge is 0.230 e. The number of aromatic nitrogens is 2. The van der Waals surface area contributed by atoms with Crippen LogP contribution in [0.25, 0.3) is 10.2 Å². The van der Waals surface area contributed by atoms with Crippen molar-refractivity contribution in [2.45, 2.75) is 30.9 Å². The van der Waals surface area contributed by atoms with Crippen molar-refractivity contribution >= 4 is 73.0 Å². The lowest BCUT2D eigenvalue weighted by Gasteiger charge is -2.20. The summed E-state index contributed by atoms with van der Waals surface area (Å²) in [5, 5.41) is 3.39. The van der Waals surface area contributed by atoms with Crippen molar-refractivity contribution in [3.8, 4) is 0 Å². The van der Waals surface area contributed by atoms with Crippen LogP contribution in [0.5, 0.6) is 0 Å². The van der Waals surface area contributed by atoms with Crippen molar-refractivity contribution in [2.75, 3.05) is 4.90 Å². The molecule has 0 saturated carbocycles. The van der Waals surface area contributed by atoms with Crippen molar-refractivity contribution in [2.24, 2.45) is 0 Å². The molecule has 0 unspecified atom stereocenters. The van der Waals surface area contributed by atoms with Gasteiger partial charge < -0.3 is 0 Å². The van der Waals surface area contributed by atoms with Gasteiger partial charge in [-0.05, 0) is 43.7 Å². The molecular formula is C21H18ClN3OS3. The molecule has 0 N–H and O–H groups in total. The highest BCUT2D eigenvalue weighted by Crippen LogP contribution is 2.35. The Balaban J connectivity index is 1.53. The Kier molecular flexibility index (Phi) is 5.92. The van der Waals surface area contributed by atoms with Crippen LogP contribution in [-0.4, -0.2) is 15.9 Å². The molecule has 2 aromatic heterocycles. The molecular weight excluding hydrogens is 442 g/mol. The van der Waals surface area contributed by atoms with Gasteiger partial charge in [0.25, 0.3) is 0 Å². The van der Waals surface area contributed by atoms with Crippen LogP contribution in [0.15, 0.2) is 46.1 Å². The number of fused-ring (bicyclic) bond motifs is 1. The Morgan fingerprint density at radius 3 is 2.76 bits per heavy atom. The SMILES string of the molecule is CC(=O)N(c1nc(CSc2nc3cc(Cl)ccc3s2)cs1)c1ccc(C)cc1C. The van der Waals surface area contributed by atoms with Gasteiger partial charge in [-0.1, -0.05) is 41.1 Å². The lowest BCUT2D eigenvalue weighted by molar-refractivity contribution is -0.115. The minimum absolute atomic E-state index is 0.0476. The Hall–Kier alpha value is -1.93. The Labute approximate surface area is 186 Å². The summed E-state index contributed by atoms with van der Waals surface area (Å²) in [5.41, 5.74) is 4.95. The van der Waals surface area contributed by atoms with Gasteiger partial charge in [-0.3, -0.25) is 9.69 Å². The van der Waals surface area contributed by atoms with Crippen molar-refractivity contribution in [3.05, 3.63) is 63.6 Å². The second-order valence-electron chi connectivity index (χ2n) is 6.65. The first-order chi connectivity index (χ1) is 13.9. The second kappa shape index (κ2) is 8.44. The van der Waals surface area contributed by atoms with E-state index in [0.29, 0.717) is 15.9 Å². The summed E-state index contributed by atoms with van der Waals surface area (Å²) in [6.07, 6.45) is 0. The molecule has 0 atom stereocenters. The fourth-order valence-electron chi connectivity index (χ4n) is 3.01. The lowest BCUT2D eigenvalue weighted by Crippen LogP contribution is -2.23. The van der Waals surface area contributed by atoms with Crippen LogP contribution in [0.2, 0.25) is 5.02 Å². The number of thiazole rings is 2. The van der Waals surface area contributed by atoms with E-state index in [1.807, 2.05) is 49.6 Å². The highest BCUT2D eigenvalue weighted by atomic mass is 35.5. The van der Waals surface area contributed by atoms with Crippen molar-refractivity contribution in [1.29, 1.82) is 0 Å². The van der Waals surface area contributed by atoms with Crippen molar-refractivity contribution in [1.82, 2.24) is 9.97 Å². The predicted octanol–water partition coefficient (Wildman–Crippen LogP) is 7.00. The van der Waals surface area contributed by atoms with Gasteiger partial charge >= 0.3 is 0 Å². The molecule has 29 heavy (non-hydrogen) atoms. The van der Waals surface area contributed by atoms with E-state index in [1.165, 1.54) is 16.9 Å². The maximum absolute atomic E-state index is 12.4. The van der Waals surface area contributed by atoms with Crippen LogP contribution in [0.3, 0.4) is 0 Å². The summed E-state index contributed by atoms with van der Waals surface area (Å²) in [6, 6.07) is 11.8. The maximum atomic E-state index is 12.4. The van der Waals surface area contributed by atoms with Gasteiger partial charge in [0.05, 0.1) is 21.6 Å². The van der Waals surface area contributed by atoms with Gasteiger partial charge in [0.2, 0.25) is 5.91 Å². The molecule has 2 heterocycles. The first-order valence-corrected chi connectivity index (χ1v) is 12.0. The standard InChI is InChI=1S/C21H18ClN3OS3/c1-12-4-6-18(13(2)8-12)25(14(3)26)20-23-16(10-27-20)11-28-21-24-17-9-15(22)5-7-19(17)29-21/h4-10H,11H2,1-3H3. The highest BCUT2D eigenvalue weighted by molar-refractivity contribution is 8.00. The minimum Gasteiger partial charge on any atom is -0.274 e. The van der Waals surface area contributed by atoms with Gasteiger partial charge in [-0.15, -0.1) is 22.7 Å². The van der Waals surface area contributed by atoms with Crippen LogP contribution in [-0.2, 0) is 10.5 Å². The van der Waals surface area contributed by atoms with Crippen LogP contribution >= 0.6 is 46.0 Å². The largest absolute Gasteiger partial charge is 0.274 e. The Morgan fingerprint density at radius 2 is 2.00 bits per heavy atom. The van der Waals surface area contributed by atoms with Gasteiger partial charge in [0.15, 0.2) is 9.47 Å². The van der Waals surface area contributed by atoms with Crippen LogP contribution in [0.4, 0.5) is 10.8 Å². The number of hydrogen-bond acceptors (Lipinski definition) is 6. The van der Waals surface area contributed by atoms with Crippen LogP contribution < -0.4 is 4.90 Å². The summed E-state index contributed by atoms with van der Waals surface area (Å²) >= 11 is 10.8. The summed E-state index contributed by atoms with van der Waals surface area (Å²) in [4.78, 5) is 23.4. The van der Waals surface area contributed by atoms with E-state index < -0.39 is 0 Å². The molecule has 0 aliphatic heterocycles. The Morgan fingerprint density at radius 1 is 1.17 bits per heavy atom. The van der Waals surface area contributed by atoms with E-state index in [1.54, 1.807) is 34.9 Å². The molecule has 4 aromatic rings. The molecule has 0 aliphatic rings. The van der Waals surface area contributed by atoms with E-state index in [4.69, 9.17) is 16.6 Å². The number of nitrogens with zero attached hydrogens (tertiary/aromatic N) is 3. The molecule has 1 amide bonds. The van der Waals surface area contributed by atoms with Gasteiger partial charge in [0, 0.05) is 23.1 Å². The monoisotopic (exact) mass is 459 g/mol. The molecule has 0 saturated heterocycles. The third kappa shape index (κ3) is 4.48. The number of thioether (sulfide) groups is 1. The molecule has 2 aromatic carbocycles. The van der Waals surface area contributed by atoms with E-state index in [9.17, 15) is 4.79 Å². The zero-order valence-electron chi connectivity index (χ0n) is 16.1. The topological polar surface area (TPSA) is 46.1 Å². The number of anilines is 2. The third-order valence-electron chi connectivity index (χ3n) is 4.31. The molecule has 4 rings (SSSR count). The lowest BCUT2D eigenvalue weighted by atomic mass is 10.1. The van der Waals surface area contributed by atoms with E-state index in [0.717, 1.165) is 31.5 Å². The molecule has 0 spiro atoms. The summed E-state index contributed by atoms with van der Waals surface area (Å²) < 4.78 is 2.10. The average Bonchev–Trinajstić information content (AvgIpc) is 3.28. The molecule has 8 heteroatoms. The number of amides is 1. The number of hydrogen-bond donors (Lipinski definition) is 0. The normalized spacial score (nSPS) is 11.2. The summed E-state index contributed by atoms with van der Waals surface area (Å²) in [6.45, 7) is 5.63. The molecule has 0 fully saturated rings. The zero-order valence-corrected chi connectivity index (χ0v) is 19.3. The quantitative estimate of drug-likeness (QED) is 0.301. The van der Waals surface area contributed by atoms with Crippen LogP contribution in [0.1, 0.15) is 23.7 Å². The van der Waals surface area contributed by atoms with E-state index >= 15 is 0 Å². The number of carbonyl (C=O) groups is 1. The number of halogens is 1. The van der Waals surface area contributed by atoms with Crippen molar-refractivity contribution < 1.29 is 4.79 Å². The number of carbonyl (C=O) groups excluding carboxylic acids is 1. The fraction of sp³-hybridized carbons (Fsp3) is 0.190. The Bertz CT molecular complexity index is 1200. The van der Waals surface area contributed by atoms with E-state index in [-0.39, 0.29) is 5.91 Å². The zero-order chi connectivity index (χ0) is 20.5. The van der Waals surface area contributed by atoms with Gasteiger partial charge in [-0.2, -0.15) is 0 Å². The first kappa shape index (κ1) is 20.3. The highest BCUT2D eigenvalue weighted by Gasteiger charge is 2.20. The van der Waals surface area contributed by atoms with Crippen LogP contribution in [0, 0.1) is 13.8 Å². The number of rotatable bonds is 5. The fourth-order valence-corrected chi connectivity index (χ4v) is 6.10. The number of aryl methyl sites for hydroxylation is 2. The molecule has 0 aliphatic carbocycles. The summed E-state index contributed by atoms with van der Waals surface area (Å²) in [5.74, 6) is 0.649. The molecule has 148 valence electrons. The summed E-state index contributed by atoms with van der Waals surface area (Å²) in [7, 11) is 0. The predicted molar refractivity (Wildman–Crippen MR) is 125 cm³/mol. The molecule has 4 nitrogen and oxygen atoms in total. The van der Waals surface area contributed by atoms with Gasteiger partial charge in [0.1, 0.15) is 0 Å². The molecule has 0 radical (unpaired) electrons. The minimum atomic E-state index is -0.0476. The average molecular weight is 460 g/mol. The maximum Gasteiger partial charge on any atom is 0.230 e. The van der Waals surface area contributed by atoms with Gasteiger partial charge in [-0.25, -0.2) is 9.97 Å².